The minimum atomic E-state index is -3.48. The van der Waals surface area contributed by atoms with Crippen molar-refractivity contribution in [3.8, 4) is 0 Å². The van der Waals surface area contributed by atoms with Gasteiger partial charge in [0.1, 0.15) is 0 Å². The Kier molecular flexibility index (Phi) is 6.17. The van der Waals surface area contributed by atoms with E-state index in [2.05, 4.69) is 20.8 Å². The molecule has 0 bridgehead atoms. The minimum absolute atomic E-state index is 0.00467. The van der Waals surface area contributed by atoms with E-state index in [1.54, 1.807) is 16.4 Å². The third kappa shape index (κ3) is 4.42. The maximum Gasteiger partial charge on any atom is 0.280 e. The lowest BCUT2D eigenvalue weighted by Crippen LogP contribution is -3.19. The van der Waals surface area contributed by atoms with Crippen LogP contribution in [0.2, 0.25) is 0 Å². The summed E-state index contributed by atoms with van der Waals surface area (Å²) in [5, 5.41) is 0. The molecule has 7 heteroatoms. The normalized spacial score (nSPS) is 21.1. The number of quaternary nitrogens is 1. The number of piperazine rings is 1. The molecule has 2 heterocycles. The van der Waals surface area contributed by atoms with Crippen LogP contribution in [-0.4, -0.2) is 68.8 Å². The van der Waals surface area contributed by atoms with Gasteiger partial charge in [0.15, 0.2) is 6.04 Å². The Hall–Kier alpha value is -1.44. The number of carbonyl (C=O) groups is 1. The molecule has 2 saturated heterocycles. The van der Waals surface area contributed by atoms with E-state index in [0.717, 1.165) is 31.5 Å². The molecule has 0 aromatic heterocycles. The van der Waals surface area contributed by atoms with E-state index in [9.17, 15) is 13.2 Å². The predicted molar refractivity (Wildman–Crippen MR) is 110 cm³/mol. The average Bonchev–Trinajstić information content (AvgIpc) is 3.21. The Morgan fingerprint density at radius 3 is 2.04 bits per heavy atom. The van der Waals surface area contributed by atoms with Gasteiger partial charge in [-0.25, -0.2) is 8.42 Å². The lowest BCUT2D eigenvalue weighted by molar-refractivity contribution is -0.918. The van der Waals surface area contributed by atoms with Crippen LogP contribution in [0.3, 0.4) is 0 Å². The number of amides is 1. The first kappa shape index (κ1) is 21.3. The van der Waals surface area contributed by atoms with Crippen molar-refractivity contribution < 1.29 is 18.1 Å². The molecule has 3 rings (SSSR count). The van der Waals surface area contributed by atoms with Crippen molar-refractivity contribution in [3.05, 3.63) is 29.8 Å². The molecular weight excluding hydrogens is 374 g/mol. The van der Waals surface area contributed by atoms with Crippen molar-refractivity contribution in [2.24, 2.45) is 0 Å². The Balaban J connectivity index is 1.62. The van der Waals surface area contributed by atoms with Crippen LogP contribution >= 0.6 is 0 Å². The molecule has 0 aliphatic carbocycles. The summed E-state index contributed by atoms with van der Waals surface area (Å²) < 4.78 is 27.6. The van der Waals surface area contributed by atoms with Crippen LogP contribution in [0.25, 0.3) is 0 Å². The van der Waals surface area contributed by atoms with Gasteiger partial charge in [0.05, 0.1) is 31.1 Å². The quantitative estimate of drug-likeness (QED) is 0.805. The molecule has 1 atom stereocenters. The average molecular weight is 409 g/mol. The van der Waals surface area contributed by atoms with Crippen LogP contribution in [0, 0.1) is 0 Å². The van der Waals surface area contributed by atoms with Gasteiger partial charge in [0.2, 0.25) is 10.0 Å². The molecule has 156 valence electrons. The van der Waals surface area contributed by atoms with Crippen molar-refractivity contribution in [2.75, 3.05) is 39.3 Å². The number of sulfonamides is 1. The first-order chi connectivity index (χ1) is 13.1. The van der Waals surface area contributed by atoms with Gasteiger partial charge in [0, 0.05) is 13.1 Å². The molecule has 1 aromatic rings. The number of hydrogen-bond acceptors (Lipinski definition) is 3. The van der Waals surface area contributed by atoms with E-state index in [0.29, 0.717) is 31.1 Å². The Labute approximate surface area is 169 Å². The summed E-state index contributed by atoms with van der Waals surface area (Å²) in [5.41, 5.74) is 1.12. The molecule has 1 aromatic carbocycles. The highest BCUT2D eigenvalue weighted by Crippen LogP contribution is 2.24. The molecule has 0 unspecified atom stereocenters. The molecule has 1 N–H and O–H groups in total. The molecule has 0 spiro atoms. The second-order valence-electron chi connectivity index (χ2n) is 9.09. The number of rotatable bonds is 4. The van der Waals surface area contributed by atoms with Crippen molar-refractivity contribution >= 4 is 15.9 Å². The van der Waals surface area contributed by atoms with Crippen molar-refractivity contribution in [2.45, 2.75) is 56.9 Å². The zero-order valence-electron chi connectivity index (χ0n) is 17.6. The molecule has 28 heavy (non-hydrogen) atoms. The molecular formula is C21H34N3O3S+. The lowest BCUT2D eigenvalue weighted by atomic mass is 9.87. The minimum Gasteiger partial charge on any atom is -0.338 e. The van der Waals surface area contributed by atoms with Crippen LogP contribution < -0.4 is 4.90 Å². The third-order valence-electron chi connectivity index (χ3n) is 6.12. The topological polar surface area (TPSA) is 62.1 Å². The van der Waals surface area contributed by atoms with Crippen molar-refractivity contribution in [1.29, 1.82) is 0 Å². The fourth-order valence-electron chi connectivity index (χ4n) is 4.11. The van der Waals surface area contributed by atoms with Gasteiger partial charge in [-0.15, -0.1) is 0 Å². The van der Waals surface area contributed by atoms with Gasteiger partial charge in [-0.3, -0.25) is 4.79 Å². The van der Waals surface area contributed by atoms with Gasteiger partial charge in [-0.05, 0) is 42.9 Å². The summed E-state index contributed by atoms with van der Waals surface area (Å²) in [4.78, 5) is 16.1. The molecule has 1 amide bonds. The summed E-state index contributed by atoms with van der Waals surface area (Å²) in [5.74, 6) is 0.210. The molecule has 6 nitrogen and oxygen atoms in total. The number of nitrogens with one attached hydrogen (secondary N) is 1. The SMILES string of the molecule is C[C@@H](C(=O)N1CCCC1)[NH+]1CCN(S(=O)(=O)c2ccc(C(C)(C)C)cc2)CC1. The van der Waals surface area contributed by atoms with Crippen molar-refractivity contribution in [1.82, 2.24) is 9.21 Å². The Morgan fingerprint density at radius 2 is 1.54 bits per heavy atom. The third-order valence-corrected chi connectivity index (χ3v) is 8.04. The molecule has 0 saturated carbocycles. The van der Waals surface area contributed by atoms with E-state index in [-0.39, 0.29) is 17.4 Å². The Morgan fingerprint density at radius 1 is 1.00 bits per heavy atom. The van der Waals surface area contributed by atoms with E-state index in [1.807, 2.05) is 24.0 Å². The summed E-state index contributed by atoms with van der Waals surface area (Å²) in [7, 11) is -3.48. The summed E-state index contributed by atoms with van der Waals surface area (Å²) >= 11 is 0. The van der Waals surface area contributed by atoms with E-state index in [1.165, 1.54) is 4.90 Å². The highest BCUT2D eigenvalue weighted by molar-refractivity contribution is 7.89. The van der Waals surface area contributed by atoms with Gasteiger partial charge in [-0.2, -0.15) is 4.31 Å². The highest BCUT2D eigenvalue weighted by Gasteiger charge is 2.36. The van der Waals surface area contributed by atoms with E-state index >= 15 is 0 Å². The number of hydrogen-bond donors (Lipinski definition) is 1. The number of likely N-dealkylation sites (tertiary alicyclic amines) is 1. The van der Waals surface area contributed by atoms with E-state index < -0.39 is 10.0 Å². The van der Waals surface area contributed by atoms with Gasteiger partial charge < -0.3 is 9.80 Å². The van der Waals surface area contributed by atoms with Crippen LogP contribution in [0.4, 0.5) is 0 Å². The van der Waals surface area contributed by atoms with Crippen LogP contribution in [0.5, 0.6) is 0 Å². The maximum absolute atomic E-state index is 13.0. The monoisotopic (exact) mass is 408 g/mol. The van der Waals surface area contributed by atoms with Gasteiger partial charge >= 0.3 is 0 Å². The molecule has 2 aliphatic heterocycles. The van der Waals surface area contributed by atoms with Gasteiger partial charge in [-0.1, -0.05) is 32.9 Å². The summed E-state index contributed by atoms with van der Waals surface area (Å²) in [6.07, 6.45) is 2.18. The van der Waals surface area contributed by atoms with Crippen molar-refractivity contribution in [3.63, 3.8) is 0 Å². The van der Waals surface area contributed by atoms with Crippen LogP contribution in [-0.2, 0) is 20.2 Å². The zero-order chi connectivity index (χ0) is 20.5. The fraction of sp³-hybridized carbons (Fsp3) is 0.667. The predicted octanol–water partition coefficient (Wildman–Crippen LogP) is 0.884. The summed E-state index contributed by atoms with van der Waals surface area (Å²) in [6.45, 7) is 12.3. The van der Waals surface area contributed by atoms with Crippen LogP contribution in [0.1, 0.15) is 46.1 Å². The smallest absolute Gasteiger partial charge is 0.280 e. The summed E-state index contributed by atoms with van der Waals surface area (Å²) in [6, 6.07) is 7.15. The molecule has 0 radical (unpaired) electrons. The molecule has 2 aliphatic rings. The second kappa shape index (κ2) is 8.13. The Bertz CT molecular complexity index is 785. The fourth-order valence-corrected chi connectivity index (χ4v) is 5.55. The molecule has 2 fully saturated rings. The van der Waals surface area contributed by atoms with Crippen LogP contribution in [0.15, 0.2) is 29.2 Å². The lowest BCUT2D eigenvalue weighted by Gasteiger charge is -2.35. The van der Waals surface area contributed by atoms with E-state index in [4.69, 9.17) is 0 Å². The maximum atomic E-state index is 13.0. The van der Waals surface area contributed by atoms with Gasteiger partial charge in [0.25, 0.3) is 5.91 Å². The number of carbonyl (C=O) groups excluding carboxylic acids is 1. The number of benzene rings is 1. The highest BCUT2D eigenvalue weighted by atomic mass is 32.2. The number of nitrogens with zero attached hydrogens (tertiary/aromatic N) is 2. The second-order valence-corrected chi connectivity index (χ2v) is 11.0. The first-order valence-electron chi connectivity index (χ1n) is 10.3. The zero-order valence-corrected chi connectivity index (χ0v) is 18.4. The standard InChI is InChI=1S/C21H33N3O3S/c1-17(20(25)23-11-5-6-12-23)22-13-15-24(16-14-22)28(26,27)19-9-7-18(8-10-19)21(2,3)4/h7-10,17H,5-6,11-16H2,1-4H3/p+1/t17-/m0/s1. The largest absolute Gasteiger partial charge is 0.338 e. The first-order valence-corrected chi connectivity index (χ1v) is 11.8.